The van der Waals surface area contributed by atoms with Gasteiger partial charge in [-0.15, -0.1) is 0 Å². The van der Waals surface area contributed by atoms with Crippen molar-refractivity contribution in [3.63, 3.8) is 0 Å². The van der Waals surface area contributed by atoms with Crippen molar-refractivity contribution >= 4 is 0 Å². The Labute approximate surface area is 113 Å². The summed E-state index contributed by atoms with van der Waals surface area (Å²) in [6, 6.07) is 10.3. The lowest BCUT2D eigenvalue weighted by Gasteiger charge is -2.19. The highest BCUT2D eigenvalue weighted by Crippen LogP contribution is 2.18. The van der Waals surface area contributed by atoms with Gasteiger partial charge in [-0.1, -0.05) is 29.3 Å². The molecule has 0 aromatic heterocycles. The number of hydrogen-bond donors (Lipinski definition) is 1. The first-order chi connectivity index (χ1) is 9.13. The van der Waals surface area contributed by atoms with Crippen LogP contribution < -0.4 is 5.32 Å². The first-order valence-electron chi connectivity index (χ1n) is 6.24. The molecule has 1 aromatic rings. The van der Waals surface area contributed by atoms with Crippen LogP contribution in [0.15, 0.2) is 29.6 Å². The zero-order valence-corrected chi connectivity index (χ0v) is 11.2. The van der Waals surface area contributed by atoms with Crippen LogP contribution in [0.3, 0.4) is 0 Å². The first kappa shape index (κ1) is 13.0. The fraction of sp³-hybridized carbons (Fsp3) is 0.333. The Bertz CT molecular complexity index is 565. The first-order valence-corrected chi connectivity index (χ1v) is 6.24. The topological polar surface area (TPSA) is 62.9 Å². The SMILES string of the molecule is Cc1cc(C)cc(CN2CCNC2=C(C#N)C#N)c1. The van der Waals surface area contributed by atoms with Gasteiger partial charge in [-0.25, -0.2) is 0 Å². The second-order valence-electron chi connectivity index (χ2n) is 4.79. The molecule has 1 N–H and O–H groups in total. The predicted molar refractivity (Wildman–Crippen MR) is 72.6 cm³/mol. The van der Waals surface area contributed by atoms with Gasteiger partial charge in [-0.3, -0.25) is 0 Å². The Morgan fingerprint density at radius 1 is 1.21 bits per heavy atom. The Balaban J connectivity index is 2.26. The molecule has 19 heavy (non-hydrogen) atoms. The number of nitrogens with one attached hydrogen (secondary N) is 1. The third kappa shape index (κ3) is 2.86. The van der Waals surface area contributed by atoms with Crippen LogP contribution in [0.5, 0.6) is 0 Å². The molecule has 0 unspecified atom stereocenters. The Morgan fingerprint density at radius 2 is 1.84 bits per heavy atom. The lowest BCUT2D eigenvalue weighted by molar-refractivity contribution is 0.387. The van der Waals surface area contributed by atoms with Crippen molar-refractivity contribution in [2.45, 2.75) is 20.4 Å². The van der Waals surface area contributed by atoms with Gasteiger partial charge in [0.15, 0.2) is 5.57 Å². The minimum atomic E-state index is 0.155. The van der Waals surface area contributed by atoms with E-state index >= 15 is 0 Å². The van der Waals surface area contributed by atoms with E-state index in [1.54, 1.807) is 0 Å². The maximum Gasteiger partial charge on any atom is 0.169 e. The second-order valence-corrected chi connectivity index (χ2v) is 4.79. The van der Waals surface area contributed by atoms with E-state index < -0.39 is 0 Å². The lowest BCUT2D eigenvalue weighted by atomic mass is 10.1. The Morgan fingerprint density at radius 3 is 2.42 bits per heavy atom. The number of aryl methyl sites for hydroxylation is 2. The Hall–Kier alpha value is -2.46. The number of nitriles is 2. The van der Waals surface area contributed by atoms with Crippen molar-refractivity contribution in [1.82, 2.24) is 10.2 Å². The maximum atomic E-state index is 8.96. The molecule has 1 heterocycles. The van der Waals surface area contributed by atoms with Gasteiger partial charge in [-0.2, -0.15) is 10.5 Å². The van der Waals surface area contributed by atoms with Crippen LogP contribution in [0.2, 0.25) is 0 Å². The molecule has 0 saturated carbocycles. The van der Waals surface area contributed by atoms with Crippen LogP contribution in [0.1, 0.15) is 16.7 Å². The minimum absolute atomic E-state index is 0.155. The summed E-state index contributed by atoms with van der Waals surface area (Å²) < 4.78 is 0. The summed E-state index contributed by atoms with van der Waals surface area (Å²) in [6.07, 6.45) is 0. The zero-order chi connectivity index (χ0) is 13.8. The molecule has 1 fully saturated rings. The van der Waals surface area contributed by atoms with Crippen molar-refractivity contribution in [2.24, 2.45) is 0 Å². The van der Waals surface area contributed by atoms with Crippen LogP contribution in [-0.2, 0) is 6.54 Å². The quantitative estimate of drug-likeness (QED) is 0.817. The normalized spacial score (nSPS) is 13.7. The number of benzene rings is 1. The summed E-state index contributed by atoms with van der Waals surface area (Å²) in [4.78, 5) is 2.05. The van der Waals surface area contributed by atoms with Crippen molar-refractivity contribution in [1.29, 1.82) is 10.5 Å². The molecule has 0 atom stereocenters. The summed E-state index contributed by atoms with van der Waals surface area (Å²) in [7, 11) is 0. The zero-order valence-electron chi connectivity index (χ0n) is 11.2. The van der Waals surface area contributed by atoms with E-state index in [0.717, 1.165) is 19.6 Å². The molecule has 2 rings (SSSR count). The van der Waals surface area contributed by atoms with Gasteiger partial charge in [-0.05, 0) is 19.4 Å². The Kier molecular flexibility index (Phi) is 3.73. The van der Waals surface area contributed by atoms with Crippen LogP contribution in [0, 0.1) is 36.5 Å². The largest absolute Gasteiger partial charge is 0.368 e. The fourth-order valence-corrected chi connectivity index (χ4v) is 2.45. The van der Waals surface area contributed by atoms with E-state index in [1.807, 2.05) is 12.1 Å². The van der Waals surface area contributed by atoms with Gasteiger partial charge >= 0.3 is 0 Å². The van der Waals surface area contributed by atoms with Crippen LogP contribution >= 0.6 is 0 Å². The van der Waals surface area contributed by atoms with Gasteiger partial charge < -0.3 is 10.2 Å². The number of allylic oxidation sites excluding steroid dienone is 1. The van der Waals surface area contributed by atoms with E-state index in [9.17, 15) is 0 Å². The molecular formula is C15H16N4. The monoisotopic (exact) mass is 252 g/mol. The molecule has 0 radical (unpaired) electrons. The van der Waals surface area contributed by atoms with Crippen LogP contribution in [-0.4, -0.2) is 18.0 Å². The molecule has 4 heteroatoms. The van der Waals surface area contributed by atoms with Gasteiger partial charge in [0.25, 0.3) is 0 Å². The molecule has 4 nitrogen and oxygen atoms in total. The molecule has 0 spiro atoms. The standard InChI is InChI=1S/C15H16N4/c1-11-5-12(2)7-13(6-11)10-19-4-3-18-15(19)14(8-16)9-17/h5-7,18H,3-4,10H2,1-2H3. The lowest BCUT2D eigenvalue weighted by Crippen LogP contribution is -2.21. The van der Waals surface area contributed by atoms with Crippen molar-refractivity contribution in [3.05, 3.63) is 46.3 Å². The van der Waals surface area contributed by atoms with E-state index in [1.165, 1.54) is 16.7 Å². The van der Waals surface area contributed by atoms with E-state index in [-0.39, 0.29) is 5.57 Å². The van der Waals surface area contributed by atoms with Crippen molar-refractivity contribution in [3.8, 4) is 12.1 Å². The number of nitrogens with zero attached hydrogens (tertiary/aromatic N) is 3. The molecule has 1 aromatic carbocycles. The fourth-order valence-electron chi connectivity index (χ4n) is 2.45. The van der Waals surface area contributed by atoms with E-state index in [0.29, 0.717) is 5.82 Å². The van der Waals surface area contributed by atoms with Crippen LogP contribution in [0.25, 0.3) is 0 Å². The average molecular weight is 252 g/mol. The molecule has 1 aliphatic rings. The summed E-state index contributed by atoms with van der Waals surface area (Å²) in [5.41, 5.74) is 3.82. The average Bonchev–Trinajstić information content (AvgIpc) is 2.78. The van der Waals surface area contributed by atoms with Gasteiger partial charge in [0, 0.05) is 19.6 Å². The number of rotatable bonds is 2. The van der Waals surface area contributed by atoms with Crippen molar-refractivity contribution < 1.29 is 0 Å². The summed E-state index contributed by atoms with van der Waals surface area (Å²) in [5, 5.41) is 21.0. The van der Waals surface area contributed by atoms with E-state index in [4.69, 9.17) is 10.5 Å². The predicted octanol–water partition coefficient (Wildman–Crippen LogP) is 1.97. The summed E-state index contributed by atoms with van der Waals surface area (Å²) in [5.74, 6) is 0.657. The highest BCUT2D eigenvalue weighted by molar-refractivity contribution is 5.40. The molecule has 0 aliphatic carbocycles. The van der Waals surface area contributed by atoms with Crippen LogP contribution in [0.4, 0.5) is 0 Å². The minimum Gasteiger partial charge on any atom is -0.368 e. The third-order valence-electron chi connectivity index (χ3n) is 3.11. The van der Waals surface area contributed by atoms with Gasteiger partial charge in [0.1, 0.15) is 18.0 Å². The highest BCUT2D eigenvalue weighted by Gasteiger charge is 2.20. The second kappa shape index (κ2) is 5.46. The van der Waals surface area contributed by atoms with Gasteiger partial charge in [0.2, 0.25) is 0 Å². The third-order valence-corrected chi connectivity index (χ3v) is 3.11. The number of hydrogen-bond acceptors (Lipinski definition) is 4. The molecule has 1 aliphatic heterocycles. The van der Waals surface area contributed by atoms with Gasteiger partial charge in [0.05, 0.1) is 0 Å². The smallest absolute Gasteiger partial charge is 0.169 e. The molecule has 96 valence electrons. The molecule has 1 saturated heterocycles. The molecule has 0 bridgehead atoms. The molecular weight excluding hydrogens is 236 g/mol. The highest BCUT2D eigenvalue weighted by atomic mass is 15.3. The summed E-state index contributed by atoms with van der Waals surface area (Å²) >= 11 is 0. The van der Waals surface area contributed by atoms with E-state index in [2.05, 4.69) is 42.3 Å². The van der Waals surface area contributed by atoms with Crippen molar-refractivity contribution in [2.75, 3.05) is 13.1 Å². The molecule has 0 amide bonds. The maximum absolute atomic E-state index is 8.96. The summed E-state index contributed by atoms with van der Waals surface area (Å²) in [6.45, 7) is 6.46.